The van der Waals surface area contributed by atoms with Gasteiger partial charge in [-0.05, 0) is 49.4 Å². The van der Waals surface area contributed by atoms with Gasteiger partial charge in [0.2, 0.25) is 0 Å². The molecule has 156 valence electrons. The van der Waals surface area contributed by atoms with E-state index in [-0.39, 0.29) is 17.6 Å². The molecular weight excluding hydrogens is 398 g/mol. The van der Waals surface area contributed by atoms with Gasteiger partial charge in [0.25, 0.3) is 5.56 Å². The minimum atomic E-state index is -0.202. The largest absolute Gasteiger partial charge is 0.352 e. The zero-order valence-corrected chi connectivity index (χ0v) is 17.9. The number of piperidine rings is 1. The predicted octanol–water partition coefficient (Wildman–Crippen LogP) is 3.45. The third kappa shape index (κ3) is 4.28. The topological polar surface area (TPSA) is 79.3 Å². The normalized spacial score (nSPS) is 14.7. The number of aromatic nitrogens is 2. The molecule has 0 saturated carbocycles. The van der Waals surface area contributed by atoms with Crippen LogP contribution < -0.4 is 21.1 Å². The number of carbonyl (C=O) groups excluding carboxylic acids is 1. The van der Waals surface area contributed by atoms with Crippen molar-refractivity contribution in [3.63, 3.8) is 0 Å². The fraction of sp³-hybridized carbons (Fsp3) is 0.318. The molecule has 0 radical (unpaired) electrons. The van der Waals surface area contributed by atoms with E-state index in [1.54, 1.807) is 23.4 Å². The van der Waals surface area contributed by atoms with Crippen LogP contribution in [0, 0.1) is 0 Å². The van der Waals surface area contributed by atoms with Crippen LogP contribution in [-0.2, 0) is 7.05 Å². The van der Waals surface area contributed by atoms with Crippen LogP contribution in [0.2, 0.25) is 0 Å². The maximum absolute atomic E-state index is 12.8. The second kappa shape index (κ2) is 8.79. The molecule has 0 atom stereocenters. The fourth-order valence-corrected chi connectivity index (χ4v) is 4.22. The summed E-state index contributed by atoms with van der Waals surface area (Å²) < 4.78 is 1.65. The van der Waals surface area contributed by atoms with Crippen molar-refractivity contribution in [2.75, 3.05) is 29.6 Å². The summed E-state index contributed by atoms with van der Waals surface area (Å²) in [5, 5.41) is 5.95. The van der Waals surface area contributed by atoms with E-state index < -0.39 is 0 Å². The average molecular weight is 424 g/mol. The Balaban J connectivity index is 1.38. The van der Waals surface area contributed by atoms with E-state index in [0.717, 1.165) is 34.5 Å². The summed E-state index contributed by atoms with van der Waals surface area (Å²) in [6.07, 6.45) is 3.52. The van der Waals surface area contributed by atoms with Crippen LogP contribution in [0.3, 0.4) is 0 Å². The van der Waals surface area contributed by atoms with Crippen molar-refractivity contribution in [3.8, 4) is 0 Å². The Morgan fingerprint density at radius 1 is 1.13 bits per heavy atom. The molecule has 0 spiro atoms. The van der Waals surface area contributed by atoms with Gasteiger partial charge in [0.1, 0.15) is 0 Å². The SMILES string of the molecule is CSc1cccc(NC(=O)NC2CCN(c3nc4ccccc4n(C)c3=O)CC2)c1. The molecule has 8 heteroatoms. The first-order valence-corrected chi connectivity index (χ1v) is 11.2. The number of anilines is 2. The Hall–Kier alpha value is -3.00. The average Bonchev–Trinajstić information content (AvgIpc) is 2.77. The molecule has 0 aliphatic carbocycles. The lowest BCUT2D eigenvalue weighted by atomic mass is 10.1. The molecular formula is C22H25N5O2S. The minimum Gasteiger partial charge on any atom is -0.352 e. The zero-order chi connectivity index (χ0) is 21.1. The van der Waals surface area contributed by atoms with Gasteiger partial charge in [-0.2, -0.15) is 0 Å². The predicted molar refractivity (Wildman–Crippen MR) is 123 cm³/mol. The van der Waals surface area contributed by atoms with E-state index in [1.807, 2.05) is 59.7 Å². The van der Waals surface area contributed by atoms with Gasteiger partial charge in [0.15, 0.2) is 5.82 Å². The monoisotopic (exact) mass is 423 g/mol. The highest BCUT2D eigenvalue weighted by atomic mass is 32.2. The number of nitrogens with one attached hydrogen (secondary N) is 2. The standard InChI is InChI=1S/C22H25N5O2S/c1-26-19-9-4-3-8-18(19)25-20(21(26)28)27-12-10-15(11-13-27)23-22(29)24-16-6-5-7-17(14-16)30-2/h3-9,14-15H,10-13H2,1-2H3,(H2,23,24,29). The second-order valence-corrected chi connectivity index (χ2v) is 8.26. The lowest BCUT2D eigenvalue weighted by Crippen LogP contribution is -2.47. The lowest BCUT2D eigenvalue weighted by Gasteiger charge is -2.33. The molecule has 2 N–H and O–H groups in total. The van der Waals surface area contributed by atoms with Crippen molar-refractivity contribution in [2.24, 2.45) is 7.05 Å². The Bertz CT molecular complexity index is 1120. The molecule has 30 heavy (non-hydrogen) atoms. The van der Waals surface area contributed by atoms with Crippen LogP contribution in [0.25, 0.3) is 11.0 Å². The number of amides is 2. The number of benzene rings is 2. The fourth-order valence-electron chi connectivity index (χ4n) is 3.76. The Morgan fingerprint density at radius 3 is 2.67 bits per heavy atom. The smallest absolute Gasteiger partial charge is 0.319 e. The molecule has 3 aromatic rings. The van der Waals surface area contributed by atoms with E-state index >= 15 is 0 Å². The van der Waals surface area contributed by atoms with E-state index in [4.69, 9.17) is 0 Å². The van der Waals surface area contributed by atoms with E-state index in [9.17, 15) is 9.59 Å². The van der Waals surface area contributed by atoms with Crippen LogP contribution in [0.4, 0.5) is 16.3 Å². The molecule has 1 aliphatic rings. The number of para-hydroxylation sites is 2. The summed E-state index contributed by atoms with van der Waals surface area (Å²) in [4.78, 5) is 32.9. The maximum atomic E-state index is 12.8. The van der Waals surface area contributed by atoms with Gasteiger partial charge in [-0.15, -0.1) is 11.8 Å². The number of carbonyl (C=O) groups is 1. The summed E-state index contributed by atoms with van der Waals surface area (Å²) in [5.41, 5.74) is 2.32. The van der Waals surface area contributed by atoms with E-state index in [1.165, 1.54) is 0 Å². The van der Waals surface area contributed by atoms with Gasteiger partial charge in [-0.1, -0.05) is 18.2 Å². The van der Waals surface area contributed by atoms with Crippen molar-refractivity contribution in [1.29, 1.82) is 0 Å². The quantitative estimate of drug-likeness (QED) is 0.629. The van der Waals surface area contributed by atoms with E-state index in [0.29, 0.717) is 18.9 Å². The molecule has 2 heterocycles. The summed E-state index contributed by atoms with van der Waals surface area (Å²) >= 11 is 1.64. The number of thioether (sulfide) groups is 1. The first-order valence-electron chi connectivity index (χ1n) is 9.97. The molecule has 1 saturated heterocycles. The van der Waals surface area contributed by atoms with Gasteiger partial charge in [-0.25, -0.2) is 9.78 Å². The second-order valence-electron chi connectivity index (χ2n) is 7.38. The van der Waals surface area contributed by atoms with E-state index in [2.05, 4.69) is 15.6 Å². The van der Waals surface area contributed by atoms with Crippen molar-refractivity contribution in [1.82, 2.24) is 14.9 Å². The molecule has 2 aromatic carbocycles. The Kier molecular flexibility index (Phi) is 5.94. The van der Waals surface area contributed by atoms with Gasteiger partial charge >= 0.3 is 6.03 Å². The highest BCUT2D eigenvalue weighted by Gasteiger charge is 2.24. The van der Waals surface area contributed by atoms with Gasteiger partial charge in [0.05, 0.1) is 11.0 Å². The van der Waals surface area contributed by atoms with Gasteiger partial charge in [-0.3, -0.25) is 4.79 Å². The van der Waals surface area contributed by atoms with Crippen molar-refractivity contribution < 1.29 is 4.79 Å². The molecule has 4 rings (SSSR count). The number of hydrogen-bond donors (Lipinski definition) is 2. The molecule has 2 amide bonds. The van der Waals surface area contributed by atoms with Crippen molar-refractivity contribution >= 4 is 40.3 Å². The molecule has 1 fully saturated rings. The minimum absolute atomic E-state index is 0.0642. The summed E-state index contributed by atoms with van der Waals surface area (Å²) in [6.45, 7) is 1.35. The third-order valence-electron chi connectivity index (χ3n) is 5.42. The number of urea groups is 1. The molecule has 7 nitrogen and oxygen atoms in total. The molecule has 0 unspecified atom stereocenters. The van der Waals surface area contributed by atoms with Crippen molar-refractivity contribution in [3.05, 3.63) is 58.9 Å². The van der Waals surface area contributed by atoms with Crippen LogP contribution in [0.5, 0.6) is 0 Å². The first-order chi connectivity index (χ1) is 14.5. The Morgan fingerprint density at radius 2 is 1.90 bits per heavy atom. The van der Waals surface area contributed by atoms with Crippen LogP contribution in [0.15, 0.2) is 58.2 Å². The number of fused-ring (bicyclic) bond motifs is 1. The van der Waals surface area contributed by atoms with Gasteiger partial charge < -0.3 is 20.1 Å². The summed E-state index contributed by atoms with van der Waals surface area (Å²) in [6, 6.07) is 15.3. The highest BCUT2D eigenvalue weighted by molar-refractivity contribution is 7.98. The lowest BCUT2D eigenvalue weighted by molar-refractivity contribution is 0.246. The van der Waals surface area contributed by atoms with Crippen LogP contribution in [-0.4, -0.2) is 41.0 Å². The summed E-state index contributed by atoms with van der Waals surface area (Å²) in [5.74, 6) is 0.480. The maximum Gasteiger partial charge on any atom is 0.319 e. The van der Waals surface area contributed by atoms with Crippen molar-refractivity contribution in [2.45, 2.75) is 23.8 Å². The number of aryl methyl sites for hydroxylation is 1. The summed E-state index contributed by atoms with van der Waals surface area (Å²) in [7, 11) is 1.78. The first kappa shape index (κ1) is 20.3. The van der Waals surface area contributed by atoms with Gasteiger partial charge in [0, 0.05) is 36.8 Å². The number of hydrogen-bond acceptors (Lipinski definition) is 5. The molecule has 0 bridgehead atoms. The Labute approximate surface area is 179 Å². The van der Waals surface area contributed by atoms with Crippen LogP contribution in [0.1, 0.15) is 12.8 Å². The van der Waals surface area contributed by atoms with Crippen LogP contribution >= 0.6 is 11.8 Å². The third-order valence-corrected chi connectivity index (χ3v) is 6.15. The number of rotatable bonds is 4. The zero-order valence-electron chi connectivity index (χ0n) is 17.1. The number of nitrogens with zero attached hydrogens (tertiary/aromatic N) is 3. The molecule has 1 aliphatic heterocycles. The highest BCUT2D eigenvalue weighted by Crippen LogP contribution is 2.20. The molecule has 1 aromatic heterocycles.